The van der Waals surface area contributed by atoms with Crippen LogP contribution in [0.15, 0.2) is 25.3 Å². The summed E-state index contributed by atoms with van der Waals surface area (Å²) in [7, 11) is 0. The molecule has 1 N–H and O–H groups in total. The molecule has 0 aromatic heterocycles. The molecule has 5 atom stereocenters. The number of carbonyl (C=O) groups is 3. The van der Waals surface area contributed by atoms with Gasteiger partial charge in [-0.25, -0.2) is 0 Å². The molecule has 3 aliphatic heterocycles. The number of likely N-dealkylation sites (tertiary alicyclic amines) is 1. The van der Waals surface area contributed by atoms with Crippen molar-refractivity contribution in [1.29, 1.82) is 0 Å². The predicted molar refractivity (Wildman–Crippen MR) is 123 cm³/mol. The van der Waals surface area contributed by atoms with E-state index in [1.807, 2.05) is 6.92 Å². The van der Waals surface area contributed by atoms with Gasteiger partial charge in [0.05, 0.1) is 18.1 Å². The van der Waals surface area contributed by atoms with E-state index in [1.165, 1.54) is 11.0 Å². The minimum atomic E-state index is -1.10. The van der Waals surface area contributed by atoms with Gasteiger partial charge in [-0.1, -0.05) is 45.4 Å². The summed E-state index contributed by atoms with van der Waals surface area (Å²) in [5, 5.41) is 9.70. The Morgan fingerprint density at radius 2 is 2.03 bits per heavy atom. The number of β-amino-alcohol motifs (C(OH)–C–C–N with tert-alkyl or cyclic N) is 1. The first kappa shape index (κ1) is 25.4. The summed E-state index contributed by atoms with van der Waals surface area (Å²) in [6.45, 7) is 12.1. The van der Waals surface area contributed by atoms with Crippen molar-refractivity contribution in [3.63, 3.8) is 0 Å². The average Bonchev–Trinajstić information content (AvgIpc) is 3.41. The number of unbranched alkanes of at least 4 members (excludes halogenated alkanes) is 2. The molecular formula is C25H38N2O6. The lowest BCUT2D eigenvalue weighted by Crippen LogP contribution is -2.56. The Labute approximate surface area is 196 Å². The molecule has 1 spiro atoms. The van der Waals surface area contributed by atoms with Crippen molar-refractivity contribution >= 4 is 17.8 Å². The van der Waals surface area contributed by atoms with Gasteiger partial charge in [-0.05, 0) is 25.7 Å². The minimum absolute atomic E-state index is 0.0152. The zero-order valence-electron chi connectivity index (χ0n) is 20.0. The van der Waals surface area contributed by atoms with Crippen LogP contribution in [0.5, 0.6) is 0 Å². The van der Waals surface area contributed by atoms with Gasteiger partial charge in [-0.2, -0.15) is 0 Å². The lowest BCUT2D eigenvalue weighted by Gasteiger charge is -2.36. The van der Waals surface area contributed by atoms with Crippen LogP contribution in [0, 0.1) is 11.8 Å². The number of carbonyl (C=O) groups excluding carboxylic acids is 3. The minimum Gasteiger partial charge on any atom is -0.461 e. The fourth-order valence-electron chi connectivity index (χ4n) is 6.11. The van der Waals surface area contributed by atoms with Gasteiger partial charge < -0.3 is 24.4 Å². The molecule has 3 heterocycles. The molecule has 8 heteroatoms. The molecule has 3 rings (SSSR count). The fraction of sp³-hybridized carbons (Fsp3) is 0.720. The molecule has 2 unspecified atom stereocenters. The Bertz CT molecular complexity index is 785. The lowest BCUT2D eigenvalue weighted by atomic mass is 9.65. The second-order valence-corrected chi connectivity index (χ2v) is 9.29. The standard InChI is InChI=1S/C25H38N2O6/c1-5-9-10-14-26(13-6-2)22(30)20-25-12-11-24(8-4,33-25)19(23(31)32-17-7-3)18(25)21(29)27(20)15-16-28/h6-7,18-20,28H,2-3,5,8-17H2,1,4H3/t18-,19+,20?,24-,25?/m0/s1. The monoisotopic (exact) mass is 462 g/mol. The van der Waals surface area contributed by atoms with Gasteiger partial charge in [-0.3, -0.25) is 14.4 Å². The Kier molecular flexibility index (Phi) is 8.00. The van der Waals surface area contributed by atoms with Crippen LogP contribution >= 0.6 is 0 Å². The zero-order chi connectivity index (χ0) is 24.2. The predicted octanol–water partition coefficient (Wildman–Crippen LogP) is 2.07. The summed E-state index contributed by atoms with van der Waals surface area (Å²) in [5.41, 5.74) is -1.92. The number of ether oxygens (including phenoxy) is 2. The summed E-state index contributed by atoms with van der Waals surface area (Å²) in [5.74, 6) is -2.59. The van der Waals surface area contributed by atoms with E-state index in [4.69, 9.17) is 9.47 Å². The summed E-state index contributed by atoms with van der Waals surface area (Å²) >= 11 is 0. The Balaban J connectivity index is 2.01. The van der Waals surface area contributed by atoms with Crippen molar-refractivity contribution in [2.75, 3.05) is 32.8 Å². The average molecular weight is 463 g/mol. The summed E-state index contributed by atoms with van der Waals surface area (Å²) < 4.78 is 12.0. The van der Waals surface area contributed by atoms with Crippen molar-refractivity contribution in [3.05, 3.63) is 25.3 Å². The van der Waals surface area contributed by atoms with Crippen LogP contribution < -0.4 is 0 Å². The molecule has 0 radical (unpaired) electrons. The first-order chi connectivity index (χ1) is 15.9. The van der Waals surface area contributed by atoms with Crippen LogP contribution in [0.1, 0.15) is 52.4 Å². The van der Waals surface area contributed by atoms with Crippen molar-refractivity contribution in [2.24, 2.45) is 11.8 Å². The molecule has 0 aromatic carbocycles. The number of aliphatic hydroxyl groups is 1. The van der Waals surface area contributed by atoms with E-state index in [-0.39, 0.29) is 31.6 Å². The third-order valence-corrected chi connectivity index (χ3v) is 7.55. The molecule has 184 valence electrons. The van der Waals surface area contributed by atoms with Crippen LogP contribution in [0.25, 0.3) is 0 Å². The SMILES string of the molecule is C=CCOC(=O)[C@H]1[C@H]2C(=O)N(CCO)C(C(=O)N(CC=C)CCCCC)C23CC[C@]1(CC)O3. The first-order valence-electron chi connectivity index (χ1n) is 12.2. The molecule has 0 saturated carbocycles. The van der Waals surface area contributed by atoms with Crippen LogP contribution in [0.3, 0.4) is 0 Å². The number of aliphatic hydroxyl groups excluding tert-OH is 1. The van der Waals surface area contributed by atoms with E-state index in [1.54, 1.807) is 11.0 Å². The zero-order valence-corrected chi connectivity index (χ0v) is 20.0. The van der Waals surface area contributed by atoms with Gasteiger partial charge in [0.2, 0.25) is 11.8 Å². The third kappa shape index (κ3) is 4.12. The number of hydrogen-bond donors (Lipinski definition) is 1. The van der Waals surface area contributed by atoms with Gasteiger partial charge in [0.15, 0.2) is 0 Å². The van der Waals surface area contributed by atoms with Crippen LogP contribution in [-0.4, -0.2) is 82.8 Å². The molecule has 0 aliphatic carbocycles. The highest BCUT2D eigenvalue weighted by Crippen LogP contribution is 2.64. The van der Waals surface area contributed by atoms with Gasteiger partial charge in [0.1, 0.15) is 24.2 Å². The maximum absolute atomic E-state index is 13.9. The molecule has 2 amide bonds. The normalized spacial score (nSPS) is 32.0. The molecule has 33 heavy (non-hydrogen) atoms. The highest BCUT2D eigenvalue weighted by molar-refractivity contribution is 5.98. The topological polar surface area (TPSA) is 96.4 Å². The van der Waals surface area contributed by atoms with Gasteiger partial charge in [0, 0.05) is 19.6 Å². The van der Waals surface area contributed by atoms with Crippen LogP contribution in [0.2, 0.25) is 0 Å². The number of rotatable bonds is 13. The van der Waals surface area contributed by atoms with Gasteiger partial charge in [-0.15, -0.1) is 6.58 Å². The molecule has 3 fully saturated rings. The fourth-order valence-corrected chi connectivity index (χ4v) is 6.11. The number of fused-ring (bicyclic) bond motifs is 1. The third-order valence-electron chi connectivity index (χ3n) is 7.55. The molecule has 3 aliphatic rings. The van der Waals surface area contributed by atoms with Crippen molar-refractivity contribution in [2.45, 2.75) is 69.6 Å². The highest BCUT2D eigenvalue weighted by Gasteiger charge is 2.79. The van der Waals surface area contributed by atoms with E-state index in [9.17, 15) is 19.5 Å². The first-order valence-corrected chi connectivity index (χ1v) is 12.2. The molecular weight excluding hydrogens is 424 g/mol. The molecule has 8 nitrogen and oxygen atoms in total. The van der Waals surface area contributed by atoms with Crippen molar-refractivity contribution in [3.8, 4) is 0 Å². The Hall–Kier alpha value is -2.19. The number of amides is 2. The van der Waals surface area contributed by atoms with Crippen molar-refractivity contribution in [1.82, 2.24) is 9.80 Å². The number of hydrogen-bond acceptors (Lipinski definition) is 6. The lowest BCUT2D eigenvalue weighted by molar-refractivity contribution is -0.161. The van der Waals surface area contributed by atoms with E-state index >= 15 is 0 Å². The second kappa shape index (κ2) is 10.4. The summed E-state index contributed by atoms with van der Waals surface area (Å²) in [6.07, 6.45) is 7.67. The largest absolute Gasteiger partial charge is 0.461 e. The summed E-state index contributed by atoms with van der Waals surface area (Å²) in [4.78, 5) is 43.9. The highest BCUT2D eigenvalue weighted by atomic mass is 16.6. The Morgan fingerprint density at radius 1 is 1.27 bits per heavy atom. The maximum atomic E-state index is 13.9. The number of nitrogens with zero attached hydrogens (tertiary/aromatic N) is 2. The summed E-state index contributed by atoms with van der Waals surface area (Å²) in [6, 6.07) is -0.880. The van der Waals surface area contributed by atoms with Gasteiger partial charge >= 0.3 is 5.97 Å². The molecule has 3 saturated heterocycles. The van der Waals surface area contributed by atoms with E-state index < -0.39 is 35.0 Å². The van der Waals surface area contributed by atoms with Crippen LogP contribution in [-0.2, 0) is 23.9 Å². The van der Waals surface area contributed by atoms with E-state index in [2.05, 4.69) is 20.1 Å². The van der Waals surface area contributed by atoms with E-state index in [0.717, 1.165) is 19.3 Å². The van der Waals surface area contributed by atoms with Crippen LogP contribution in [0.4, 0.5) is 0 Å². The Morgan fingerprint density at radius 3 is 2.64 bits per heavy atom. The smallest absolute Gasteiger partial charge is 0.313 e. The molecule has 2 bridgehead atoms. The quantitative estimate of drug-likeness (QED) is 0.256. The van der Waals surface area contributed by atoms with E-state index in [0.29, 0.717) is 32.4 Å². The van der Waals surface area contributed by atoms with Crippen molar-refractivity contribution < 1.29 is 29.0 Å². The van der Waals surface area contributed by atoms with Gasteiger partial charge in [0.25, 0.3) is 0 Å². The molecule has 0 aromatic rings. The second-order valence-electron chi connectivity index (χ2n) is 9.29. The maximum Gasteiger partial charge on any atom is 0.313 e. The number of esters is 1.